The zero-order chi connectivity index (χ0) is 18.0. The summed E-state index contributed by atoms with van der Waals surface area (Å²) in [4.78, 5) is 15.0. The van der Waals surface area contributed by atoms with E-state index >= 15 is 0 Å². The molecule has 8 heteroatoms. The normalized spacial score (nSPS) is 15.3. The van der Waals surface area contributed by atoms with E-state index in [0.717, 1.165) is 12.8 Å². The fourth-order valence-electron chi connectivity index (χ4n) is 2.95. The van der Waals surface area contributed by atoms with E-state index in [4.69, 9.17) is 0 Å². The van der Waals surface area contributed by atoms with Gasteiger partial charge in [-0.15, -0.1) is 0 Å². The molecule has 0 bridgehead atoms. The summed E-state index contributed by atoms with van der Waals surface area (Å²) >= 11 is 0. The lowest BCUT2D eigenvalue weighted by atomic mass is 10.2. The van der Waals surface area contributed by atoms with Crippen molar-refractivity contribution >= 4 is 21.4 Å². The van der Waals surface area contributed by atoms with Gasteiger partial charge in [-0.3, -0.25) is 4.79 Å². The topological polar surface area (TPSA) is 76.1 Å². The largest absolute Gasteiger partial charge is 0.319 e. The van der Waals surface area contributed by atoms with Crippen LogP contribution in [0.3, 0.4) is 0 Å². The van der Waals surface area contributed by atoms with Crippen molar-refractivity contribution < 1.29 is 22.0 Å². The van der Waals surface area contributed by atoms with Gasteiger partial charge in [0.15, 0.2) is 15.7 Å². The minimum absolute atomic E-state index is 0.313. The second-order valence-electron chi connectivity index (χ2n) is 5.87. The minimum Gasteiger partial charge on any atom is -0.319 e. The van der Waals surface area contributed by atoms with Gasteiger partial charge in [-0.1, -0.05) is 18.9 Å². The van der Waals surface area contributed by atoms with E-state index in [1.165, 1.54) is 36.5 Å². The SMILES string of the molecule is O=C(Nc1cccc(S(=O)(=O)C2CCCC2)c1F)c1cccnc1F. The molecule has 0 spiro atoms. The zero-order valence-electron chi connectivity index (χ0n) is 13.2. The van der Waals surface area contributed by atoms with Crippen molar-refractivity contribution in [3.63, 3.8) is 0 Å². The third-order valence-corrected chi connectivity index (χ3v) is 6.54. The number of halogens is 2. The summed E-state index contributed by atoms with van der Waals surface area (Å²) in [5.74, 6) is -2.93. The maximum atomic E-state index is 14.7. The first-order chi connectivity index (χ1) is 11.9. The van der Waals surface area contributed by atoms with E-state index in [2.05, 4.69) is 10.3 Å². The first kappa shape index (κ1) is 17.5. The van der Waals surface area contributed by atoms with Gasteiger partial charge in [-0.05, 0) is 37.1 Å². The fourth-order valence-corrected chi connectivity index (χ4v) is 4.89. The van der Waals surface area contributed by atoms with Crippen LogP contribution in [0.5, 0.6) is 0 Å². The molecule has 0 saturated heterocycles. The summed E-state index contributed by atoms with van der Waals surface area (Å²) in [6.07, 6.45) is 3.77. The molecule has 1 amide bonds. The van der Waals surface area contributed by atoms with E-state index in [0.29, 0.717) is 12.8 Å². The summed E-state index contributed by atoms with van der Waals surface area (Å²) in [5, 5.41) is 1.60. The van der Waals surface area contributed by atoms with Crippen LogP contribution in [0, 0.1) is 11.8 Å². The van der Waals surface area contributed by atoms with Gasteiger partial charge in [-0.25, -0.2) is 17.8 Å². The maximum absolute atomic E-state index is 14.7. The first-order valence-corrected chi connectivity index (χ1v) is 9.40. The Labute approximate surface area is 144 Å². The number of pyridine rings is 1. The molecule has 1 fully saturated rings. The Morgan fingerprint density at radius 3 is 2.52 bits per heavy atom. The average molecular weight is 366 g/mol. The van der Waals surface area contributed by atoms with Crippen LogP contribution in [0.4, 0.5) is 14.5 Å². The van der Waals surface area contributed by atoms with Crippen LogP contribution >= 0.6 is 0 Å². The molecule has 0 atom stereocenters. The summed E-state index contributed by atoms with van der Waals surface area (Å²) < 4.78 is 53.4. The molecule has 1 saturated carbocycles. The van der Waals surface area contributed by atoms with Crippen molar-refractivity contribution in [3.8, 4) is 0 Å². The average Bonchev–Trinajstić information content (AvgIpc) is 3.12. The fraction of sp³-hybridized carbons (Fsp3) is 0.294. The van der Waals surface area contributed by atoms with E-state index in [1.807, 2.05) is 0 Å². The van der Waals surface area contributed by atoms with Gasteiger partial charge in [0, 0.05) is 6.20 Å². The van der Waals surface area contributed by atoms with Gasteiger partial charge in [0.05, 0.1) is 16.5 Å². The Morgan fingerprint density at radius 2 is 1.84 bits per heavy atom. The highest BCUT2D eigenvalue weighted by molar-refractivity contribution is 7.92. The molecule has 0 radical (unpaired) electrons. The molecular weight excluding hydrogens is 350 g/mol. The van der Waals surface area contributed by atoms with Gasteiger partial charge in [0.1, 0.15) is 4.90 Å². The lowest BCUT2D eigenvalue weighted by Gasteiger charge is -2.14. The number of hydrogen-bond donors (Lipinski definition) is 1. The first-order valence-electron chi connectivity index (χ1n) is 7.85. The molecule has 1 heterocycles. The highest BCUT2D eigenvalue weighted by Gasteiger charge is 2.33. The number of benzene rings is 1. The molecule has 1 N–H and O–H groups in total. The number of nitrogens with zero attached hydrogens (tertiary/aromatic N) is 1. The summed E-state index contributed by atoms with van der Waals surface area (Å²) in [6, 6.07) is 6.34. The number of amides is 1. The predicted molar refractivity (Wildman–Crippen MR) is 88.0 cm³/mol. The molecule has 1 aromatic heterocycles. The van der Waals surface area contributed by atoms with Gasteiger partial charge in [0.25, 0.3) is 5.91 Å². The molecule has 25 heavy (non-hydrogen) atoms. The molecule has 2 aromatic rings. The van der Waals surface area contributed by atoms with Gasteiger partial charge < -0.3 is 5.32 Å². The van der Waals surface area contributed by atoms with E-state index in [1.54, 1.807) is 0 Å². The van der Waals surface area contributed by atoms with Crippen molar-refractivity contribution in [3.05, 3.63) is 53.9 Å². The Hall–Kier alpha value is -2.35. The van der Waals surface area contributed by atoms with Gasteiger partial charge in [0.2, 0.25) is 5.95 Å². The number of hydrogen-bond acceptors (Lipinski definition) is 4. The molecule has 132 valence electrons. The van der Waals surface area contributed by atoms with E-state index in [-0.39, 0.29) is 11.3 Å². The Bertz CT molecular complexity index is 910. The molecule has 0 unspecified atom stereocenters. The highest BCUT2D eigenvalue weighted by atomic mass is 32.2. The van der Waals surface area contributed by atoms with Gasteiger partial charge >= 0.3 is 0 Å². The lowest BCUT2D eigenvalue weighted by molar-refractivity contribution is 0.102. The number of nitrogens with one attached hydrogen (secondary N) is 1. The van der Waals surface area contributed by atoms with Crippen LogP contribution in [0.2, 0.25) is 0 Å². The summed E-state index contributed by atoms with van der Waals surface area (Å²) in [5.41, 5.74) is -0.668. The molecule has 0 aliphatic heterocycles. The minimum atomic E-state index is -3.81. The van der Waals surface area contributed by atoms with Crippen LogP contribution in [-0.2, 0) is 9.84 Å². The standard InChI is InChI=1S/C17H16F2N2O3S/c18-15-13(21-17(22)12-7-4-10-20-16(12)19)8-3-9-14(15)25(23,24)11-5-1-2-6-11/h3-4,7-11H,1-2,5-6H2,(H,21,22). The van der Waals surface area contributed by atoms with Crippen LogP contribution in [0.1, 0.15) is 36.0 Å². The third kappa shape index (κ3) is 3.39. The lowest BCUT2D eigenvalue weighted by Crippen LogP contribution is -2.21. The number of aromatic nitrogens is 1. The smallest absolute Gasteiger partial charge is 0.260 e. The Balaban J connectivity index is 1.92. The van der Waals surface area contributed by atoms with Crippen molar-refractivity contribution in [2.45, 2.75) is 35.8 Å². The second kappa shape index (κ2) is 6.87. The molecule has 1 aromatic carbocycles. The van der Waals surface area contributed by atoms with Crippen molar-refractivity contribution in [2.75, 3.05) is 5.32 Å². The molecule has 1 aliphatic rings. The monoisotopic (exact) mass is 366 g/mol. The summed E-state index contributed by atoms with van der Waals surface area (Å²) in [7, 11) is -3.81. The quantitative estimate of drug-likeness (QED) is 0.842. The third-order valence-electron chi connectivity index (χ3n) is 4.26. The number of carbonyl (C=O) groups is 1. The van der Waals surface area contributed by atoms with Crippen LogP contribution in [0.15, 0.2) is 41.4 Å². The van der Waals surface area contributed by atoms with Gasteiger partial charge in [-0.2, -0.15) is 4.39 Å². The van der Waals surface area contributed by atoms with Crippen LogP contribution in [0.25, 0.3) is 0 Å². The molecular formula is C17H16F2N2O3S. The number of anilines is 1. The van der Waals surface area contributed by atoms with Crippen molar-refractivity contribution in [2.24, 2.45) is 0 Å². The van der Waals surface area contributed by atoms with Crippen molar-refractivity contribution in [1.29, 1.82) is 0 Å². The maximum Gasteiger partial charge on any atom is 0.260 e. The van der Waals surface area contributed by atoms with E-state index in [9.17, 15) is 22.0 Å². The van der Waals surface area contributed by atoms with E-state index < -0.39 is 37.7 Å². The summed E-state index contributed by atoms with van der Waals surface area (Å²) in [6.45, 7) is 0. The van der Waals surface area contributed by atoms with Crippen LogP contribution in [-0.4, -0.2) is 24.6 Å². The zero-order valence-corrected chi connectivity index (χ0v) is 14.0. The number of rotatable bonds is 4. The van der Waals surface area contributed by atoms with Crippen LogP contribution < -0.4 is 5.32 Å². The number of carbonyl (C=O) groups excluding carboxylic acids is 1. The predicted octanol–water partition coefficient (Wildman–Crippen LogP) is 3.33. The molecule has 3 rings (SSSR count). The Morgan fingerprint density at radius 1 is 1.12 bits per heavy atom. The van der Waals surface area contributed by atoms with Crippen molar-refractivity contribution in [1.82, 2.24) is 4.98 Å². The molecule has 1 aliphatic carbocycles. The second-order valence-corrected chi connectivity index (χ2v) is 8.06. The number of sulfone groups is 1. The Kier molecular flexibility index (Phi) is 4.80. The molecule has 5 nitrogen and oxygen atoms in total. The highest BCUT2D eigenvalue weighted by Crippen LogP contribution is 2.32.